The molecule has 1 aromatic carbocycles. The molecule has 2 rings (SSSR count). The second-order valence-corrected chi connectivity index (χ2v) is 5.16. The number of hydrogen-bond acceptors (Lipinski definition) is 3. The molecule has 0 atom stereocenters. The predicted octanol–water partition coefficient (Wildman–Crippen LogP) is 3.89. The van der Waals surface area contributed by atoms with E-state index in [0.29, 0.717) is 9.70 Å². The maximum atomic E-state index is 13.8. The fraction of sp³-hybridized carbons (Fsp3) is 0.0833. The molecule has 5 nitrogen and oxygen atoms in total. The second-order valence-electron chi connectivity index (χ2n) is 3.96. The van der Waals surface area contributed by atoms with E-state index in [0.717, 1.165) is 6.92 Å². The molecular formula is C12H7Cl3FN3O2. The van der Waals surface area contributed by atoms with Crippen molar-refractivity contribution >= 4 is 52.3 Å². The van der Waals surface area contributed by atoms with Crippen molar-refractivity contribution in [3.8, 4) is 0 Å². The normalized spacial score (nSPS) is 10.5. The van der Waals surface area contributed by atoms with Gasteiger partial charge < -0.3 is 5.32 Å². The number of halogens is 4. The van der Waals surface area contributed by atoms with E-state index in [4.69, 9.17) is 34.8 Å². The highest BCUT2D eigenvalue weighted by Crippen LogP contribution is 2.26. The quantitative estimate of drug-likeness (QED) is 0.893. The van der Waals surface area contributed by atoms with Gasteiger partial charge in [0.25, 0.3) is 5.91 Å². The standard InChI is InChI=1S/C12H7Cl3FN3O2/c1-5(20)19-11(15)9(16)10(18-19)12(21)17-8-3-2-6(13)4-7(8)14/h2-4H,1H3,(H,17,21). The molecule has 0 fully saturated rings. The van der Waals surface area contributed by atoms with Crippen molar-refractivity contribution in [2.45, 2.75) is 6.92 Å². The third-order valence-corrected chi connectivity index (χ3v) is 3.34. The van der Waals surface area contributed by atoms with Crippen LogP contribution < -0.4 is 5.32 Å². The SMILES string of the molecule is CC(=O)n1nc(C(=O)Nc2ccc(Cl)cc2Cl)c(F)c1Cl. The summed E-state index contributed by atoms with van der Waals surface area (Å²) >= 11 is 17.2. The first-order valence-corrected chi connectivity index (χ1v) is 6.66. The fourth-order valence-electron chi connectivity index (χ4n) is 1.50. The van der Waals surface area contributed by atoms with Gasteiger partial charge in [0.1, 0.15) is 0 Å². The van der Waals surface area contributed by atoms with Crippen LogP contribution in [0, 0.1) is 5.82 Å². The van der Waals surface area contributed by atoms with E-state index in [-0.39, 0.29) is 10.7 Å². The van der Waals surface area contributed by atoms with E-state index < -0.39 is 28.5 Å². The van der Waals surface area contributed by atoms with Gasteiger partial charge in [0.2, 0.25) is 5.91 Å². The molecule has 21 heavy (non-hydrogen) atoms. The Bertz CT molecular complexity index is 746. The first-order valence-electron chi connectivity index (χ1n) is 5.52. The van der Waals surface area contributed by atoms with Crippen LogP contribution in [-0.2, 0) is 0 Å². The van der Waals surface area contributed by atoms with Gasteiger partial charge in [-0.2, -0.15) is 9.78 Å². The fourth-order valence-corrected chi connectivity index (χ4v) is 2.21. The molecule has 1 N–H and O–H groups in total. The Kier molecular flexibility index (Phi) is 4.51. The zero-order valence-electron chi connectivity index (χ0n) is 10.5. The van der Waals surface area contributed by atoms with E-state index in [2.05, 4.69) is 10.4 Å². The largest absolute Gasteiger partial charge is 0.319 e. The van der Waals surface area contributed by atoms with Crippen LogP contribution in [0.4, 0.5) is 10.1 Å². The smallest absolute Gasteiger partial charge is 0.279 e. The molecule has 9 heteroatoms. The number of carbonyl (C=O) groups is 2. The minimum absolute atomic E-state index is 0.174. The highest BCUT2D eigenvalue weighted by atomic mass is 35.5. The Hall–Kier alpha value is -1.63. The minimum Gasteiger partial charge on any atom is -0.319 e. The summed E-state index contributed by atoms with van der Waals surface area (Å²) in [5.74, 6) is -2.60. The highest BCUT2D eigenvalue weighted by Gasteiger charge is 2.24. The minimum atomic E-state index is -1.09. The summed E-state index contributed by atoms with van der Waals surface area (Å²) in [4.78, 5) is 23.2. The number of anilines is 1. The molecule has 0 radical (unpaired) electrons. The average Bonchev–Trinajstić information content (AvgIpc) is 2.70. The maximum absolute atomic E-state index is 13.8. The van der Waals surface area contributed by atoms with Gasteiger partial charge in [0, 0.05) is 11.9 Å². The van der Waals surface area contributed by atoms with Gasteiger partial charge in [-0.25, -0.2) is 4.39 Å². The Balaban J connectivity index is 2.33. The second kappa shape index (κ2) is 6.01. The van der Waals surface area contributed by atoms with Gasteiger partial charge in [0.05, 0.1) is 10.7 Å². The Labute approximate surface area is 133 Å². The lowest BCUT2D eigenvalue weighted by Crippen LogP contribution is -2.15. The van der Waals surface area contributed by atoms with Gasteiger partial charge in [0.15, 0.2) is 16.7 Å². The summed E-state index contributed by atoms with van der Waals surface area (Å²) in [5, 5.41) is 5.89. The lowest BCUT2D eigenvalue weighted by molar-refractivity contribution is 0.0920. The summed E-state index contributed by atoms with van der Waals surface area (Å²) < 4.78 is 14.4. The first-order chi connectivity index (χ1) is 9.81. The monoisotopic (exact) mass is 349 g/mol. The van der Waals surface area contributed by atoms with Crippen LogP contribution >= 0.6 is 34.8 Å². The average molecular weight is 351 g/mol. The van der Waals surface area contributed by atoms with Crippen molar-refractivity contribution in [1.82, 2.24) is 9.78 Å². The highest BCUT2D eigenvalue weighted by molar-refractivity contribution is 6.37. The van der Waals surface area contributed by atoms with Crippen molar-refractivity contribution in [3.63, 3.8) is 0 Å². The zero-order chi connectivity index (χ0) is 15.7. The lowest BCUT2D eigenvalue weighted by atomic mass is 10.3. The number of nitrogens with zero attached hydrogens (tertiary/aromatic N) is 2. The maximum Gasteiger partial charge on any atom is 0.279 e. The van der Waals surface area contributed by atoms with Crippen molar-refractivity contribution in [3.05, 3.63) is 44.9 Å². The number of amides is 1. The van der Waals surface area contributed by atoms with E-state index >= 15 is 0 Å². The van der Waals surface area contributed by atoms with Crippen LogP contribution in [-0.4, -0.2) is 21.6 Å². The lowest BCUT2D eigenvalue weighted by Gasteiger charge is -2.05. The molecule has 1 amide bonds. The topological polar surface area (TPSA) is 64.0 Å². The van der Waals surface area contributed by atoms with Crippen molar-refractivity contribution in [1.29, 1.82) is 0 Å². The van der Waals surface area contributed by atoms with E-state index in [9.17, 15) is 14.0 Å². The number of hydrogen-bond donors (Lipinski definition) is 1. The van der Waals surface area contributed by atoms with Gasteiger partial charge in [-0.05, 0) is 18.2 Å². The van der Waals surface area contributed by atoms with Crippen LogP contribution in [0.25, 0.3) is 0 Å². The van der Waals surface area contributed by atoms with Crippen LogP contribution in [0.3, 0.4) is 0 Å². The Morgan fingerprint density at radius 2 is 1.95 bits per heavy atom. The molecule has 2 aromatic rings. The number of rotatable bonds is 2. The van der Waals surface area contributed by atoms with E-state index in [1.807, 2.05) is 0 Å². The summed E-state index contributed by atoms with van der Waals surface area (Å²) in [7, 11) is 0. The molecule has 0 saturated heterocycles. The van der Waals surface area contributed by atoms with Crippen molar-refractivity contribution in [2.75, 3.05) is 5.32 Å². The molecule has 0 unspecified atom stereocenters. The van der Waals surface area contributed by atoms with Crippen LogP contribution in [0.1, 0.15) is 22.2 Å². The van der Waals surface area contributed by atoms with E-state index in [1.165, 1.54) is 18.2 Å². The molecule has 0 aliphatic carbocycles. The summed E-state index contributed by atoms with van der Waals surface area (Å²) in [6.45, 7) is 1.13. The van der Waals surface area contributed by atoms with E-state index in [1.54, 1.807) is 0 Å². The van der Waals surface area contributed by atoms with Crippen molar-refractivity contribution < 1.29 is 14.0 Å². The van der Waals surface area contributed by atoms with Crippen LogP contribution in [0.2, 0.25) is 15.2 Å². The van der Waals surface area contributed by atoms with Crippen LogP contribution in [0.5, 0.6) is 0 Å². The van der Waals surface area contributed by atoms with Gasteiger partial charge in [-0.15, -0.1) is 0 Å². The molecule has 110 valence electrons. The van der Waals surface area contributed by atoms with Gasteiger partial charge in [-0.3, -0.25) is 9.59 Å². The Morgan fingerprint density at radius 1 is 1.29 bits per heavy atom. The molecule has 1 aromatic heterocycles. The van der Waals surface area contributed by atoms with Gasteiger partial charge in [-0.1, -0.05) is 34.8 Å². The Morgan fingerprint density at radius 3 is 2.48 bits per heavy atom. The number of benzene rings is 1. The number of aromatic nitrogens is 2. The molecule has 0 aliphatic rings. The molecule has 0 spiro atoms. The summed E-state index contributed by atoms with van der Waals surface area (Å²) in [6.07, 6.45) is 0. The zero-order valence-corrected chi connectivity index (χ0v) is 12.7. The molecule has 0 aliphatic heterocycles. The summed E-state index contributed by atoms with van der Waals surface area (Å²) in [5.41, 5.74) is -0.389. The molecule has 0 bridgehead atoms. The van der Waals surface area contributed by atoms with Crippen LogP contribution in [0.15, 0.2) is 18.2 Å². The van der Waals surface area contributed by atoms with Gasteiger partial charge >= 0.3 is 0 Å². The number of nitrogens with one attached hydrogen (secondary N) is 1. The molecule has 1 heterocycles. The first kappa shape index (κ1) is 15.8. The third-order valence-electron chi connectivity index (χ3n) is 2.47. The number of carbonyl (C=O) groups excluding carboxylic acids is 2. The predicted molar refractivity (Wildman–Crippen MR) is 77.9 cm³/mol. The molecular weight excluding hydrogens is 344 g/mol. The molecule has 0 saturated carbocycles. The summed E-state index contributed by atoms with van der Waals surface area (Å²) in [6, 6.07) is 4.36. The third kappa shape index (κ3) is 3.18. The van der Waals surface area contributed by atoms with Crippen molar-refractivity contribution in [2.24, 2.45) is 0 Å².